The second kappa shape index (κ2) is 7.20. The molecule has 0 atom stereocenters. The molecule has 2 fully saturated rings. The van der Waals surface area contributed by atoms with Crippen molar-refractivity contribution in [3.63, 3.8) is 0 Å². The number of aryl methyl sites for hydroxylation is 1. The van der Waals surface area contributed by atoms with E-state index in [4.69, 9.17) is 0 Å². The highest BCUT2D eigenvalue weighted by Crippen LogP contribution is 2.21. The van der Waals surface area contributed by atoms with Crippen LogP contribution in [0, 0.1) is 0 Å². The molecule has 1 amide bonds. The summed E-state index contributed by atoms with van der Waals surface area (Å²) < 4.78 is 2.13. The largest absolute Gasteiger partial charge is 0.350 e. The van der Waals surface area contributed by atoms with Crippen molar-refractivity contribution in [1.82, 2.24) is 9.47 Å². The molecule has 0 radical (unpaired) electrons. The van der Waals surface area contributed by atoms with E-state index >= 15 is 0 Å². The van der Waals surface area contributed by atoms with Crippen molar-refractivity contribution in [2.24, 2.45) is 7.05 Å². The van der Waals surface area contributed by atoms with Crippen molar-refractivity contribution >= 4 is 16.8 Å². The van der Waals surface area contributed by atoms with Crippen LogP contribution in [0.15, 0.2) is 30.5 Å². The predicted molar refractivity (Wildman–Crippen MR) is 101 cm³/mol. The van der Waals surface area contributed by atoms with E-state index in [0.717, 1.165) is 37.8 Å². The molecule has 0 bridgehead atoms. The summed E-state index contributed by atoms with van der Waals surface area (Å²) in [6.07, 6.45) is 9.64. The van der Waals surface area contributed by atoms with Crippen molar-refractivity contribution in [1.29, 1.82) is 0 Å². The summed E-state index contributed by atoms with van der Waals surface area (Å²) >= 11 is 0. The molecule has 2 aliphatic rings. The number of amides is 1. The molecule has 0 unspecified atom stereocenters. The first-order valence-corrected chi connectivity index (χ1v) is 9.87. The van der Waals surface area contributed by atoms with Gasteiger partial charge in [-0.25, -0.2) is 0 Å². The fourth-order valence-electron chi connectivity index (χ4n) is 4.80. The molecule has 4 rings (SSSR count). The number of quaternary nitrogens is 1. The number of hydrogen-bond donors (Lipinski definition) is 1. The fraction of sp³-hybridized carbons (Fsp3) is 0.571. The minimum Gasteiger partial charge on any atom is -0.350 e. The smallest absolute Gasteiger partial charge is 0.227 e. The number of nitrogens with one attached hydrogen (secondary N) is 1. The van der Waals surface area contributed by atoms with Crippen LogP contribution in [-0.4, -0.2) is 47.6 Å². The van der Waals surface area contributed by atoms with Gasteiger partial charge in [0.1, 0.15) is 0 Å². The first-order chi connectivity index (χ1) is 12.2. The van der Waals surface area contributed by atoms with Crippen LogP contribution >= 0.6 is 0 Å². The molecular formula is C21H30N3O+. The third kappa shape index (κ3) is 3.45. The lowest BCUT2D eigenvalue weighted by molar-refractivity contribution is -0.930. The second-order valence-electron chi connectivity index (χ2n) is 7.83. The highest BCUT2D eigenvalue weighted by atomic mass is 16.2. The number of aromatic nitrogens is 1. The van der Waals surface area contributed by atoms with Gasteiger partial charge in [-0.05, 0) is 37.3 Å². The van der Waals surface area contributed by atoms with Crippen molar-refractivity contribution in [2.45, 2.75) is 44.6 Å². The molecule has 4 heteroatoms. The lowest BCUT2D eigenvalue weighted by Gasteiger charge is -2.38. The zero-order chi connectivity index (χ0) is 17.2. The number of rotatable bonds is 3. The van der Waals surface area contributed by atoms with Crippen LogP contribution in [0.1, 0.15) is 37.7 Å². The van der Waals surface area contributed by atoms with Gasteiger partial charge in [0, 0.05) is 24.1 Å². The molecule has 134 valence electrons. The first-order valence-electron chi connectivity index (χ1n) is 9.87. The Kier molecular flexibility index (Phi) is 4.80. The summed E-state index contributed by atoms with van der Waals surface area (Å²) in [7, 11) is 2.06. The minimum atomic E-state index is 0.291. The minimum absolute atomic E-state index is 0.291. The third-order valence-electron chi connectivity index (χ3n) is 6.26. The summed E-state index contributed by atoms with van der Waals surface area (Å²) in [5.41, 5.74) is 2.36. The number of carbonyl (C=O) groups excluding carboxylic acids is 1. The van der Waals surface area contributed by atoms with E-state index in [1.54, 1.807) is 4.90 Å². The standard InChI is InChI=1S/C21H29N3O/c1-22-16-17(19-9-5-6-10-20(19)22)15-21(25)24-13-11-23(12-14-24)18-7-3-2-4-8-18/h5-6,9-10,16,18H,2-4,7-8,11-15H2,1H3/p+1. The molecular weight excluding hydrogens is 310 g/mol. The summed E-state index contributed by atoms with van der Waals surface area (Å²) in [4.78, 5) is 16.6. The number of hydrogen-bond acceptors (Lipinski definition) is 1. The molecule has 4 nitrogen and oxygen atoms in total. The van der Waals surface area contributed by atoms with Crippen LogP contribution in [0.4, 0.5) is 0 Å². The van der Waals surface area contributed by atoms with Crippen LogP contribution < -0.4 is 4.90 Å². The van der Waals surface area contributed by atoms with Gasteiger partial charge in [0.25, 0.3) is 0 Å². The Morgan fingerprint density at radius 1 is 1.12 bits per heavy atom. The maximum Gasteiger partial charge on any atom is 0.227 e. The van der Waals surface area contributed by atoms with Gasteiger partial charge in [-0.2, -0.15) is 0 Å². The number of piperazine rings is 1. The second-order valence-corrected chi connectivity index (χ2v) is 7.83. The molecule has 0 spiro atoms. The zero-order valence-electron chi connectivity index (χ0n) is 15.3. The third-order valence-corrected chi connectivity index (χ3v) is 6.26. The van der Waals surface area contributed by atoms with Gasteiger partial charge in [-0.3, -0.25) is 4.79 Å². The van der Waals surface area contributed by atoms with Crippen LogP contribution in [0.2, 0.25) is 0 Å². The highest BCUT2D eigenvalue weighted by Gasteiger charge is 2.30. The number of nitrogens with zero attached hydrogens (tertiary/aromatic N) is 2. The molecule has 1 aliphatic heterocycles. The zero-order valence-corrected chi connectivity index (χ0v) is 15.3. The summed E-state index contributed by atoms with van der Waals surface area (Å²) in [6.45, 7) is 4.11. The summed E-state index contributed by atoms with van der Waals surface area (Å²) in [5, 5.41) is 1.21. The van der Waals surface area contributed by atoms with Gasteiger partial charge in [-0.15, -0.1) is 0 Å². The number of carbonyl (C=O) groups is 1. The van der Waals surface area contributed by atoms with Gasteiger partial charge in [0.15, 0.2) is 0 Å². The summed E-state index contributed by atoms with van der Waals surface area (Å²) in [5.74, 6) is 0.291. The molecule has 2 aromatic rings. The topological polar surface area (TPSA) is 29.7 Å². The molecule has 1 aromatic heterocycles. The van der Waals surface area contributed by atoms with Gasteiger partial charge in [0.2, 0.25) is 5.91 Å². The molecule has 1 aromatic carbocycles. The number of para-hydroxylation sites is 1. The van der Waals surface area contributed by atoms with Crippen LogP contribution in [-0.2, 0) is 18.3 Å². The van der Waals surface area contributed by atoms with Crippen LogP contribution in [0.3, 0.4) is 0 Å². The maximum atomic E-state index is 12.8. The molecule has 1 saturated carbocycles. The SMILES string of the molecule is Cn1cc(CC(=O)N2CC[NH+](C3CCCCC3)CC2)c2ccccc21. The Labute approximate surface area is 150 Å². The molecule has 1 N–H and O–H groups in total. The van der Waals surface area contributed by atoms with Gasteiger partial charge in [-0.1, -0.05) is 24.6 Å². The van der Waals surface area contributed by atoms with E-state index in [2.05, 4.69) is 47.0 Å². The molecule has 25 heavy (non-hydrogen) atoms. The Balaban J connectivity index is 1.37. The molecule has 2 heterocycles. The maximum absolute atomic E-state index is 12.8. The average molecular weight is 340 g/mol. The van der Waals surface area contributed by atoms with E-state index < -0.39 is 0 Å². The van der Waals surface area contributed by atoms with Crippen LogP contribution in [0.25, 0.3) is 10.9 Å². The van der Waals surface area contributed by atoms with Gasteiger partial charge < -0.3 is 14.4 Å². The van der Waals surface area contributed by atoms with Crippen molar-refractivity contribution in [2.75, 3.05) is 26.2 Å². The Hall–Kier alpha value is -1.81. The Bertz CT molecular complexity index is 737. The van der Waals surface area contributed by atoms with Crippen LogP contribution in [0.5, 0.6) is 0 Å². The molecule has 1 saturated heterocycles. The lowest BCUT2D eigenvalue weighted by atomic mass is 9.94. The monoisotopic (exact) mass is 340 g/mol. The van der Waals surface area contributed by atoms with Crippen molar-refractivity contribution in [3.05, 3.63) is 36.0 Å². The van der Waals surface area contributed by atoms with E-state index in [9.17, 15) is 4.79 Å². The normalized spacial score (nSPS) is 20.3. The molecule has 1 aliphatic carbocycles. The first kappa shape index (κ1) is 16.6. The average Bonchev–Trinajstić information content (AvgIpc) is 2.98. The van der Waals surface area contributed by atoms with Crippen molar-refractivity contribution in [3.8, 4) is 0 Å². The fourth-order valence-corrected chi connectivity index (χ4v) is 4.80. The van der Waals surface area contributed by atoms with E-state index in [-0.39, 0.29) is 0 Å². The number of fused-ring (bicyclic) bond motifs is 1. The quantitative estimate of drug-likeness (QED) is 0.907. The predicted octanol–water partition coefficient (Wildman–Crippen LogP) is 1.78. The van der Waals surface area contributed by atoms with Gasteiger partial charge >= 0.3 is 0 Å². The van der Waals surface area contributed by atoms with Crippen molar-refractivity contribution < 1.29 is 9.69 Å². The van der Waals surface area contributed by atoms with E-state index in [1.165, 1.54) is 43.0 Å². The Morgan fingerprint density at radius 2 is 1.84 bits per heavy atom. The highest BCUT2D eigenvalue weighted by molar-refractivity contribution is 5.89. The van der Waals surface area contributed by atoms with E-state index in [0.29, 0.717) is 12.3 Å². The number of benzene rings is 1. The Morgan fingerprint density at radius 3 is 2.60 bits per heavy atom. The van der Waals surface area contributed by atoms with Gasteiger partial charge in [0.05, 0.1) is 38.6 Å². The summed E-state index contributed by atoms with van der Waals surface area (Å²) in [6, 6.07) is 9.21. The van der Waals surface area contributed by atoms with E-state index in [1.807, 2.05) is 0 Å². The lowest BCUT2D eigenvalue weighted by Crippen LogP contribution is -3.18.